The lowest BCUT2D eigenvalue weighted by Gasteiger charge is -2.00. The fraction of sp³-hybridized carbons (Fsp3) is 0.105. The molecule has 4 heterocycles. The Morgan fingerprint density at radius 3 is 2.81 bits per heavy atom. The van der Waals surface area contributed by atoms with Crippen molar-refractivity contribution < 1.29 is 9.20 Å². The number of amides is 1. The maximum Gasteiger partial charge on any atom is 0.295 e. The number of pyridine rings is 2. The van der Waals surface area contributed by atoms with Gasteiger partial charge in [-0.2, -0.15) is 4.40 Å². The summed E-state index contributed by atoms with van der Waals surface area (Å²) >= 11 is 0. The molecular formula is C19H17N6O+. The molecule has 0 aromatic carbocycles. The molecule has 4 aromatic rings. The molecular weight excluding hydrogens is 328 g/mol. The first-order valence-corrected chi connectivity index (χ1v) is 8.24. The predicted molar refractivity (Wildman–Crippen MR) is 94.2 cm³/mol. The molecule has 0 aliphatic rings. The number of carbonyl (C=O) groups excluding carboxylic acids is 1. The van der Waals surface area contributed by atoms with Crippen molar-refractivity contribution in [2.45, 2.75) is 13.0 Å². The maximum absolute atomic E-state index is 12.7. The lowest BCUT2D eigenvalue weighted by atomic mass is 10.2. The van der Waals surface area contributed by atoms with Crippen molar-refractivity contribution in [1.82, 2.24) is 25.3 Å². The zero-order chi connectivity index (χ0) is 17.8. The van der Waals surface area contributed by atoms with Crippen molar-refractivity contribution in [1.29, 1.82) is 0 Å². The maximum atomic E-state index is 12.7. The number of H-pyrrole nitrogens is 1. The predicted octanol–water partition coefficient (Wildman–Crippen LogP) is 1.46. The molecule has 4 rings (SSSR count). The Bertz CT molecular complexity index is 1030. The highest BCUT2D eigenvalue weighted by Gasteiger charge is 2.23. The first-order chi connectivity index (χ1) is 12.8. The van der Waals surface area contributed by atoms with Gasteiger partial charge in [0.25, 0.3) is 11.7 Å². The first-order valence-electron chi connectivity index (χ1n) is 8.24. The highest BCUT2D eigenvalue weighted by molar-refractivity contribution is 5.97. The monoisotopic (exact) mass is 345 g/mol. The van der Waals surface area contributed by atoms with E-state index in [0.29, 0.717) is 24.4 Å². The van der Waals surface area contributed by atoms with Crippen LogP contribution in [0.1, 0.15) is 27.6 Å². The molecule has 0 fully saturated rings. The van der Waals surface area contributed by atoms with Gasteiger partial charge in [-0.1, -0.05) is 12.1 Å². The van der Waals surface area contributed by atoms with Gasteiger partial charge in [-0.05, 0) is 23.8 Å². The van der Waals surface area contributed by atoms with Crippen molar-refractivity contribution >= 4 is 11.4 Å². The summed E-state index contributed by atoms with van der Waals surface area (Å²) in [6, 6.07) is 9.68. The summed E-state index contributed by atoms with van der Waals surface area (Å²) in [5, 5.41) is 2.89. The molecule has 0 aliphatic heterocycles. The molecule has 26 heavy (non-hydrogen) atoms. The Hall–Kier alpha value is -3.61. The molecule has 7 nitrogen and oxygen atoms in total. The molecule has 0 radical (unpaired) electrons. The summed E-state index contributed by atoms with van der Waals surface area (Å²) in [5.74, 6) is 0.732. The molecule has 0 bridgehead atoms. The van der Waals surface area contributed by atoms with E-state index in [1.54, 1.807) is 24.8 Å². The van der Waals surface area contributed by atoms with Crippen LogP contribution < -0.4 is 9.72 Å². The minimum atomic E-state index is -0.184. The minimum Gasteiger partial charge on any atom is -0.343 e. The third-order valence-corrected chi connectivity index (χ3v) is 4.04. The number of hydrogen-bond acceptors (Lipinski definition) is 4. The largest absolute Gasteiger partial charge is 0.343 e. The van der Waals surface area contributed by atoms with Crippen LogP contribution in [0.4, 0.5) is 0 Å². The van der Waals surface area contributed by atoms with Gasteiger partial charge >= 0.3 is 0 Å². The van der Waals surface area contributed by atoms with Crippen LogP contribution in [0, 0.1) is 0 Å². The Kier molecular flexibility index (Phi) is 4.34. The van der Waals surface area contributed by atoms with Crippen molar-refractivity contribution in [3.8, 4) is 0 Å². The molecule has 0 spiro atoms. The zero-order valence-electron chi connectivity index (χ0n) is 14.0. The molecule has 0 atom stereocenters. The molecule has 0 saturated heterocycles. The summed E-state index contributed by atoms with van der Waals surface area (Å²) < 4.78 is 1.99. The number of hydrogen-bond donors (Lipinski definition) is 2. The third kappa shape index (κ3) is 3.27. The van der Waals surface area contributed by atoms with E-state index in [9.17, 15) is 4.79 Å². The summed E-state index contributed by atoms with van der Waals surface area (Å²) in [4.78, 5) is 28.3. The Morgan fingerprint density at radius 2 is 2.00 bits per heavy atom. The SMILES string of the molecule is O=C(NCc1cnccn1)c1[nH]c(Cc2cccnc2)[n+]2ccccc12. The van der Waals surface area contributed by atoms with E-state index < -0.39 is 0 Å². The Balaban J connectivity index is 1.61. The van der Waals surface area contributed by atoms with E-state index in [0.717, 1.165) is 16.9 Å². The van der Waals surface area contributed by atoms with Gasteiger partial charge in [-0.15, -0.1) is 0 Å². The van der Waals surface area contributed by atoms with Crippen LogP contribution in [0.15, 0.2) is 67.5 Å². The van der Waals surface area contributed by atoms with Gasteiger partial charge in [0, 0.05) is 24.8 Å². The van der Waals surface area contributed by atoms with Crippen LogP contribution in [-0.4, -0.2) is 25.8 Å². The molecule has 0 aliphatic carbocycles. The average Bonchev–Trinajstić information content (AvgIpc) is 3.06. The normalized spacial score (nSPS) is 10.8. The van der Waals surface area contributed by atoms with Crippen LogP contribution in [0.25, 0.3) is 5.52 Å². The first kappa shape index (κ1) is 15.9. The lowest BCUT2D eigenvalue weighted by Crippen LogP contribution is -2.26. The van der Waals surface area contributed by atoms with Crippen molar-refractivity contribution in [3.05, 3.63) is 90.3 Å². The van der Waals surface area contributed by atoms with E-state index in [1.165, 1.54) is 0 Å². The van der Waals surface area contributed by atoms with Crippen LogP contribution in [-0.2, 0) is 13.0 Å². The van der Waals surface area contributed by atoms with E-state index in [1.807, 2.05) is 47.1 Å². The van der Waals surface area contributed by atoms with E-state index in [4.69, 9.17) is 0 Å². The number of carbonyl (C=O) groups is 1. The van der Waals surface area contributed by atoms with Gasteiger partial charge < -0.3 is 5.32 Å². The summed E-state index contributed by atoms with van der Waals surface area (Å²) in [6.07, 6.45) is 11.0. The zero-order valence-corrected chi connectivity index (χ0v) is 14.0. The van der Waals surface area contributed by atoms with Crippen LogP contribution in [0.3, 0.4) is 0 Å². The van der Waals surface area contributed by atoms with Gasteiger partial charge in [0.1, 0.15) is 0 Å². The second kappa shape index (κ2) is 7.10. The number of imidazole rings is 1. The molecule has 0 unspecified atom stereocenters. The second-order valence-corrected chi connectivity index (χ2v) is 5.82. The molecule has 4 aromatic heterocycles. The topological polar surface area (TPSA) is 87.7 Å². The molecule has 0 saturated carbocycles. The third-order valence-electron chi connectivity index (χ3n) is 4.04. The van der Waals surface area contributed by atoms with Gasteiger partial charge in [-0.25, -0.2) is 4.98 Å². The number of aromatic nitrogens is 5. The fourth-order valence-electron chi connectivity index (χ4n) is 2.83. The van der Waals surface area contributed by atoms with Crippen LogP contribution in [0.2, 0.25) is 0 Å². The summed E-state index contributed by atoms with van der Waals surface area (Å²) in [6.45, 7) is 0.322. The summed E-state index contributed by atoms with van der Waals surface area (Å²) in [7, 11) is 0. The van der Waals surface area contributed by atoms with Crippen LogP contribution in [0.5, 0.6) is 0 Å². The summed E-state index contributed by atoms with van der Waals surface area (Å²) in [5.41, 5.74) is 3.12. The van der Waals surface area contributed by atoms with Gasteiger partial charge in [-0.3, -0.25) is 19.7 Å². The highest BCUT2D eigenvalue weighted by Crippen LogP contribution is 2.10. The molecule has 2 N–H and O–H groups in total. The number of fused-ring (bicyclic) bond motifs is 1. The van der Waals surface area contributed by atoms with E-state index in [-0.39, 0.29) is 5.91 Å². The standard InChI is InChI=1S/C19H16N6O/c26-19(23-13-15-12-21-7-8-22-15)18-16-5-1-2-9-25(16)17(24-18)10-14-4-3-6-20-11-14/h1-9,11-12H,10,13H2,(H,23,26)/p+1. The average molecular weight is 345 g/mol. The molecule has 7 heteroatoms. The van der Waals surface area contributed by atoms with Crippen molar-refractivity contribution in [2.75, 3.05) is 0 Å². The van der Waals surface area contributed by atoms with Crippen molar-refractivity contribution in [3.63, 3.8) is 0 Å². The Morgan fingerprint density at radius 1 is 1.08 bits per heavy atom. The quantitative estimate of drug-likeness (QED) is 0.536. The van der Waals surface area contributed by atoms with E-state index >= 15 is 0 Å². The molecule has 128 valence electrons. The lowest BCUT2D eigenvalue weighted by molar-refractivity contribution is -0.520. The number of aromatic amines is 1. The highest BCUT2D eigenvalue weighted by atomic mass is 16.1. The smallest absolute Gasteiger partial charge is 0.295 e. The van der Waals surface area contributed by atoms with E-state index in [2.05, 4.69) is 25.3 Å². The van der Waals surface area contributed by atoms with Crippen molar-refractivity contribution in [2.24, 2.45) is 0 Å². The number of rotatable bonds is 5. The van der Waals surface area contributed by atoms with Gasteiger partial charge in [0.15, 0.2) is 5.52 Å². The van der Waals surface area contributed by atoms with Gasteiger partial charge in [0.2, 0.25) is 5.69 Å². The second-order valence-electron chi connectivity index (χ2n) is 5.82. The number of nitrogens with zero attached hydrogens (tertiary/aromatic N) is 4. The number of nitrogens with one attached hydrogen (secondary N) is 2. The Labute approximate surface area is 149 Å². The minimum absolute atomic E-state index is 0.184. The fourth-order valence-corrected chi connectivity index (χ4v) is 2.83. The van der Waals surface area contributed by atoms with Gasteiger partial charge in [0.05, 0.1) is 31.1 Å². The molecule has 1 amide bonds. The van der Waals surface area contributed by atoms with Crippen LogP contribution >= 0.6 is 0 Å².